The minimum atomic E-state index is -0.363. The molecular formula is C14H20FN3S. The van der Waals surface area contributed by atoms with E-state index in [1.807, 2.05) is 6.07 Å². The third-order valence-electron chi connectivity index (χ3n) is 3.81. The van der Waals surface area contributed by atoms with E-state index in [0.717, 1.165) is 25.1 Å². The predicted molar refractivity (Wildman–Crippen MR) is 81.0 cm³/mol. The Morgan fingerprint density at radius 2 is 2.26 bits per heavy atom. The molecule has 1 aromatic rings. The fourth-order valence-corrected chi connectivity index (χ4v) is 2.63. The first-order valence-electron chi connectivity index (χ1n) is 6.53. The van der Waals surface area contributed by atoms with Gasteiger partial charge in [-0.25, -0.2) is 4.39 Å². The zero-order chi connectivity index (χ0) is 14.0. The topological polar surface area (TPSA) is 41.3 Å². The molecule has 1 heterocycles. The minimum Gasteiger partial charge on any atom is -0.389 e. The van der Waals surface area contributed by atoms with E-state index in [-0.39, 0.29) is 10.8 Å². The number of thiocarbonyl (C=S) groups is 1. The molecule has 0 aromatic heterocycles. The number of hydrogen-bond donors (Lipinski definition) is 2. The van der Waals surface area contributed by atoms with Gasteiger partial charge in [0.25, 0.3) is 0 Å². The Bertz CT molecular complexity index is 478. The first-order chi connectivity index (χ1) is 8.97. The van der Waals surface area contributed by atoms with Gasteiger partial charge in [0.05, 0.1) is 0 Å². The molecule has 0 spiro atoms. The SMILES string of the molecule is CC1CC(Nc2ccc(C(N)=S)c(F)c2)CCN1C. The van der Waals surface area contributed by atoms with Crippen LogP contribution in [0.25, 0.3) is 0 Å². The van der Waals surface area contributed by atoms with Gasteiger partial charge in [-0.2, -0.15) is 0 Å². The Morgan fingerprint density at radius 3 is 2.84 bits per heavy atom. The van der Waals surface area contributed by atoms with Gasteiger partial charge in [0, 0.05) is 29.9 Å². The van der Waals surface area contributed by atoms with Crippen LogP contribution in [0.1, 0.15) is 25.3 Å². The van der Waals surface area contributed by atoms with Gasteiger partial charge in [-0.1, -0.05) is 12.2 Å². The maximum atomic E-state index is 13.8. The smallest absolute Gasteiger partial charge is 0.135 e. The largest absolute Gasteiger partial charge is 0.389 e. The summed E-state index contributed by atoms with van der Waals surface area (Å²) in [5, 5.41) is 3.39. The van der Waals surface area contributed by atoms with Gasteiger partial charge in [-0.3, -0.25) is 0 Å². The van der Waals surface area contributed by atoms with Crippen molar-refractivity contribution in [2.45, 2.75) is 31.8 Å². The Kier molecular flexibility index (Phi) is 4.37. The van der Waals surface area contributed by atoms with E-state index in [9.17, 15) is 4.39 Å². The van der Waals surface area contributed by atoms with Crippen molar-refractivity contribution in [1.29, 1.82) is 0 Å². The highest BCUT2D eigenvalue weighted by Crippen LogP contribution is 2.21. The molecule has 104 valence electrons. The second kappa shape index (κ2) is 5.84. The van der Waals surface area contributed by atoms with Crippen molar-refractivity contribution in [3.8, 4) is 0 Å². The predicted octanol–water partition coefficient (Wildman–Crippen LogP) is 2.35. The summed E-state index contributed by atoms with van der Waals surface area (Å²) in [4.78, 5) is 2.44. The minimum absolute atomic E-state index is 0.0944. The average Bonchev–Trinajstić information content (AvgIpc) is 2.33. The molecule has 0 amide bonds. The summed E-state index contributed by atoms with van der Waals surface area (Å²) in [6.07, 6.45) is 2.13. The van der Waals surface area contributed by atoms with Crippen LogP contribution in [0.15, 0.2) is 18.2 Å². The number of piperidine rings is 1. The summed E-state index contributed by atoms with van der Waals surface area (Å²) < 4.78 is 13.8. The van der Waals surface area contributed by atoms with Gasteiger partial charge < -0.3 is 16.0 Å². The van der Waals surface area contributed by atoms with Crippen molar-refractivity contribution in [3.05, 3.63) is 29.6 Å². The highest BCUT2D eigenvalue weighted by atomic mass is 32.1. The van der Waals surface area contributed by atoms with Crippen molar-refractivity contribution < 1.29 is 4.39 Å². The Morgan fingerprint density at radius 1 is 1.53 bits per heavy atom. The Hall–Kier alpha value is -1.20. The number of halogens is 1. The summed E-state index contributed by atoms with van der Waals surface area (Å²) in [6, 6.07) is 5.88. The molecule has 2 unspecified atom stereocenters. The molecule has 0 bridgehead atoms. The highest BCUT2D eigenvalue weighted by molar-refractivity contribution is 7.80. The third-order valence-corrected chi connectivity index (χ3v) is 4.03. The van der Waals surface area contributed by atoms with E-state index in [4.69, 9.17) is 18.0 Å². The number of anilines is 1. The highest BCUT2D eigenvalue weighted by Gasteiger charge is 2.22. The zero-order valence-corrected chi connectivity index (χ0v) is 12.1. The monoisotopic (exact) mass is 281 g/mol. The van der Waals surface area contributed by atoms with Gasteiger partial charge in [-0.05, 0) is 45.0 Å². The van der Waals surface area contributed by atoms with Crippen molar-refractivity contribution in [2.75, 3.05) is 18.9 Å². The lowest BCUT2D eigenvalue weighted by Gasteiger charge is -2.35. The molecule has 3 nitrogen and oxygen atoms in total. The third kappa shape index (κ3) is 3.42. The van der Waals surface area contributed by atoms with Crippen LogP contribution in [0.2, 0.25) is 0 Å². The molecule has 1 aliphatic heterocycles. The second-order valence-corrected chi connectivity index (χ2v) is 5.69. The molecular weight excluding hydrogens is 261 g/mol. The standard InChI is InChI=1S/C14H20FN3S/c1-9-7-11(5-6-18(9)2)17-10-3-4-12(14(16)19)13(15)8-10/h3-4,8-9,11,17H,5-7H2,1-2H3,(H2,16,19). The first-order valence-corrected chi connectivity index (χ1v) is 6.94. The lowest BCUT2D eigenvalue weighted by atomic mass is 9.98. The van der Waals surface area contributed by atoms with Gasteiger partial charge in [0.15, 0.2) is 0 Å². The quantitative estimate of drug-likeness (QED) is 0.835. The fourth-order valence-electron chi connectivity index (χ4n) is 2.46. The van der Waals surface area contributed by atoms with E-state index in [1.54, 1.807) is 6.07 Å². The van der Waals surface area contributed by atoms with Crippen molar-refractivity contribution in [2.24, 2.45) is 5.73 Å². The van der Waals surface area contributed by atoms with Crippen molar-refractivity contribution >= 4 is 22.9 Å². The molecule has 0 saturated carbocycles. The summed E-state index contributed by atoms with van der Waals surface area (Å²) in [7, 11) is 2.14. The average molecular weight is 281 g/mol. The van der Waals surface area contributed by atoms with Gasteiger partial charge in [0.1, 0.15) is 10.8 Å². The van der Waals surface area contributed by atoms with Crippen LogP contribution in [0, 0.1) is 5.82 Å². The molecule has 3 N–H and O–H groups in total. The number of nitrogens with one attached hydrogen (secondary N) is 1. The van der Waals surface area contributed by atoms with E-state index < -0.39 is 0 Å². The van der Waals surface area contributed by atoms with Crippen LogP contribution < -0.4 is 11.1 Å². The van der Waals surface area contributed by atoms with Gasteiger partial charge in [0.2, 0.25) is 0 Å². The summed E-state index contributed by atoms with van der Waals surface area (Å²) in [6.45, 7) is 3.27. The number of hydrogen-bond acceptors (Lipinski definition) is 3. The van der Waals surface area contributed by atoms with E-state index >= 15 is 0 Å². The molecule has 0 radical (unpaired) electrons. The molecule has 5 heteroatoms. The van der Waals surface area contributed by atoms with Crippen LogP contribution in [-0.4, -0.2) is 35.6 Å². The number of likely N-dealkylation sites (tertiary alicyclic amines) is 1. The molecule has 19 heavy (non-hydrogen) atoms. The normalized spacial score (nSPS) is 24.2. The Balaban J connectivity index is 2.04. The van der Waals surface area contributed by atoms with Gasteiger partial charge in [-0.15, -0.1) is 0 Å². The number of nitrogens with zero attached hydrogens (tertiary/aromatic N) is 1. The van der Waals surface area contributed by atoms with Crippen molar-refractivity contribution in [1.82, 2.24) is 4.90 Å². The van der Waals surface area contributed by atoms with Crippen LogP contribution in [0.3, 0.4) is 0 Å². The number of nitrogens with two attached hydrogens (primary N) is 1. The molecule has 1 aliphatic rings. The molecule has 1 aromatic carbocycles. The molecule has 1 saturated heterocycles. The van der Waals surface area contributed by atoms with Crippen molar-refractivity contribution in [3.63, 3.8) is 0 Å². The number of rotatable bonds is 3. The van der Waals surface area contributed by atoms with Crippen LogP contribution in [0.4, 0.5) is 10.1 Å². The van der Waals surface area contributed by atoms with E-state index in [1.165, 1.54) is 6.07 Å². The van der Waals surface area contributed by atoms with Crippen LogP contribution >= 0.6 is 12.2 Å². The van der Waals surface area contributed by atoms with Crippen LogP contribution in [0.5, 0.6) is 0 Å². The fraction of sp³-hybridized carbons (Fsp3) is 0.500. The maximum Gasteiger partial charge on any atom is 0.135 e. The summed E-state index contributed by atoms with van der Waals surface area (Å²) in [5.41, 5.74) is 6.54. The maximum absolute atomic E-state index is 13.8. The van der Waals surface area contributed by atoms with E-state index in [0.29, 0.717) is 17.6 Å². The molecule has 2 rings (SSSR count). The lowest BCUT2D eigenvalue weighted by Crippen LogP contribution is -2.42. The first kappa shape index (κ1) is 14.2. The summed E-state index contributed by atoms with van der Waals surface area (Å²) >= 11 is 4.79. The summed E-state index contributed by atoms with van der Waals surface area (Å²) in [5.74, 6) is -0.363. The van der Waals surface area contributed by atoms with Gasteiger partial charge >= 0.3 is 0 Å². The lowest BCUT2D eigenvalue weighted by molar-refractivity contribution is 0.190. The molecule has 2 atom stereocenters. The molecule has 1 fully saturated rings. The Labute approximate surface area is 119 Å². The van der Waals surface area contributed by atoms with Crippen LogP contribution in [-0.2, 0) is 0 Å². The number of benzene rings is 1. The van der Waals surface area contributed by atoms with E-state index in [2.05, 4.69) is 24.2 Å². The zero-order valence-electron chi connectivity index (χ0n) is 11.3. The molecule has 0 aliphatic carbocycles. The second-order valence-electron chi connectivity index (χ2n) is 5.25.